The molecule has 1 N–H and O–H groups in total. The molecule has 0 amide bonds. The first-order chi connectivity index (χ1) is 9.01. The molecule has 1 aromatic rings. The lowest BCUT2D eigenvalue weighted by Crippen LogP contribution is -2.00. The van der Waals surface area contributed by atoms with Crippen molar-refractivity contribution < 1.29 is 18.7 Å². The molecule has 112 valence electrons. The van der Waals surface area contributed by atoms with Crippen molar-refractivity contribution in [1.29, 1.82) is 0 Å². The molecule has 0 aliphatic heterocycles. The lowest BCUT2D eigenvalue weighted by molar-refractivity contribution is -0.136. The van der Waals surface area contributed by atoms with Crippen LogP contribution in [0.1, 0.15) is 53.5 Å². The largest absolute Gasteiger partial charge is 0.481 e. The molecule has 0 bridgehead atoms. The van der Waals surface area contributed by atoms with Gasteiger partial charge in [0.15, 0.2) is 11.6 Å². The van der Waals surface area contributed by atoms with Crippen LogP contribution in [0.5, 0.6) is 0 Å². The fourth-order valence-electron chi connectivity index (χ4n) is 0.824. The number of rotatable bonds is 2. The van der Waals surface area contributed by atoms with Gasteiger partial charge in [0, 0.05) is 0 Å². The van der Waals surface area contributed by atoms with Crippen molar-refractivity contribution in [3.63, 3.8) is 0 Å². The first kappa shape index (κ1) is 22.7. The number of halogens is 2. The number of carboxylic acid groups (broad SMARTS) is 1. The zero-order valence-electron chi connectivity index (χ0n) is 12.8. The van der Waals surface area contributed by atoms with E-state index in [4.69, 9.17) is 5.11 Å². The van der Waals surface area contributed by atoms with Crippen LogP contribution < -0.4 is 0 Å². The van der Waals surface area contributed by atoms with Gasteiger partial charge < -0.3 is 5.11 Å². The summed E-state index contributed by atoms with van der Waals surface area (Å²) in [6.45, 7) is 12.2. The molecule has 0 atom stereocenters. The molecule has 0 aliphatic rings. The lowest BCUT2D eigenvalue weighted by atomic mass is 10.1. The first-order valence-electron chi connectivity index (χ1n) is 6.67. The summed E-state index contributed by atoms with van der Waals surface area (Å²) in [5.74, 6) is -3.06. The highest BCUT2D eigenvalue weighted by atomic mass is 19.2. The van der Waals surface area contributed by atoms with Crippen LogP contribution in [-0.4, -0.2) is 11.1 Å². The van der Waals surface area contributed by atoms with Gasteiger partial charge in [-0.05, 0) is 17.7 Å². The van der Waals surface area contributed by atoms with Crippen molar-refractivity contribution >= 4 is 5.97 Å². The van der Waals surface area contributed by atoms with Crippen molar-refractivity contribution in [1.82, 2.24) is 0 Å². The summed E-state index contributed by atoms with van der Waals surface area (Å²) in [5, 5.41) is 8.31. The van der Waals surface area contributed by atoms with Crippen molar-refractivity contribution in [3.05, 3.63) is 35.4 Å². The van der Waals surface area contributed by atoms with Gasteiger partial charge in [0.25, 0.3) is 0 Å². The van der Waals surface area contributed by atoms with Crippen molar-refractivity contribution in [3.8, 4) is 0 Å². The van der Waals surface area contributed by atoms with Gasteiger partial charge >= 0.3 is 5.97 Å². The maximum Gasteiger partial charge on any atom is 0.307 e. The van der Waals surface area contributed by atoms with E-state index >= 15 is 0 Å². The second kappa shape index (κ2) is 16.6. The SMILES string of the molecule is CC.CC.CCC.O=C(O)Cc1ccc(F)c(F)c1. The Morgan fingerprint density at radius 1 is 1.05 bits per heavy atom. The third-order valence-corrected chi connectivity index (χ3v) is 1.34. The van der Waals surface area contributed by atoms with E-state index in [1.807, 2.05) is 27.7 Å². The predicted molar refractivity (Wildman–Crippen MR) is 76.4 cm³/mol. The maximum atomic E-state index is 12.5. The number of hydrogen-bond donors (Lipinski definition) is 1. The van der Waals surface area contributed by atoms with Gasteiger partial charge in [-0.25, -0.2) is 8.78 Å². The summed E-state index contributed by atoms with van der Waals surface area (Å²) >= 11 is 0. The Bertz CT molecular complexity index is 326. The van der Waals surface area contributed by atoms with Crippen LogP contribution in [0.25, 0.3) is 0 Å². The molecule has 0 aromatic heterocycles. The second-order valence-corrected chi connectivity index (χ2v) is 3.03. The van der Waals surface area contributed by atoms with Crippen molar-refractivity contribution in [2.45, 2.75) is 54.4 Å². The highest BCUT2D eigenvalue weighted by Gasteiger charge is 2.04. The number of aliphatic carboxylic acids is 1. The van der Waals surface area contributed by atoms with E-state index in [0.717, 1.165) is 12.1 Å². The third kappa shape index (κ3) is 14.5. The topological polar surface area (TPSA) is 37.3 Å². The second-order valence-electron chi connectivity index (χ2n) is 3.03. The average Bonchev–Trinajstić information content (AvgIpc) is 2.39. The quantitative estimate of drug-likeness (QED) is 0.819. The normalized spacial score (nSPS) is 7.79. The van der Waals surface area contributed by atoms with Crippen LogP contribution in [0.2, 0.25) is 0 Å². The Morgan fingerprint density at radius 2 is 1.47 bits per heavy atom. The predicted octanol–water partition coefficient (Wildman–Crippen LogP) is 5.06. The van der Waals surface area contributed by atoms with Gasteiger partial charge in [-0.1, -0.05) is 54.0 Å². The van der Waals surface area contributed by atoms with Crippen molar-refractivity contribution in [2.75, 3.05) is 0 Å². The molecular formula is C15H26F2O2. The zero-order valence-corrected chi connectivity index (χ0v) is 12.8. The molecule has 0 spiro atoms. The molecule has 0 unspecified atom stereocenters. The van der Waals surface area contributed by atoms with Gasteiger partial charge in [0.05, 0.1) is 6.42 Å². The number of benzene rings is 1. The maximum absolute atomic E-state index is 12.5. The van der Waals surface area contributed by atoms with E-state index in [0.29, 0.717) is 0 Å². The number of carboxylic acids is 1. The number of carbonyl (C=O) groups is 1. The van der Waals surface area contributed by atoms with Crippen LogP contribution in [0.4, 0.5) is 8.78 Å². The van der Waals surface area contributed by atoms with Gasteiger partial charge in [0.1, 0.15) is 0 Å². The highest BCUT2D eigenvalue weighted by Crippen LogP contribution is 2.08. The molecule has 1 rings (SSSR count). The molecule has 0 fully saturated rings. The average molecular weight is 276 g/mol. The Kier molecular flexibility index (Phi) is 19.8. The standard InChI is InChI=1S/C8H6F2O2.C3H8.2C2H6/c9-6-2-1-5(3-7(6)10)4-8(11)12;1-3-2;2*1-2/h1-3H,4H2,(H,11,12);3H2,1-2H3;2*1-2H3. The number of hydrogen-bond acceptors (Lipinski definition) is 1. The van der Waals surface area contributed by atoms with E-state index in [2.05, 4.69) is 13.8 Å². The van der Waals surface area contributed by atoms with Crippen molar-refractivity contribution in [2.24, 2.45) is 0 Å². The fraction of sp³-hybridized carbons (Fsp3) is 0.533. The Labute approximate surface area is 115 Å². The minimum Gasteiger partial charge on any atom is -0.481 e. The Balaban J connectivity index is -0.000000313. The fourth-order valence-corrected chi connectivity index (χ4v) is 0.824. The van der Waals surface area contributed by atoms with Crippen LogP contribution in [0, 0.1) is 11.6 Å². The Morgan fingerprint density at radius 3 is 1.79 bits per heavy atom. The van der Waals surface area contributed by atoms with E-state index in [1.165, 1.54) is 12.5 Å². The molecule has 1 aromatic carbocycles. The molecule has 0 saturated carbocycles. The van der Waals surface area contributed by atoms with Gasteiger partial charge in [-0.3, -0.25) is 4.79 Å². The molecular weight excluding hydrogens is 250 g/mol. The van der Waals surface area contributed by atoms with Crippen LogP contribution in [-0.2, 0) is 11.2 Å². The molecule has 4 heteroatoms. The summed E-state index contributed by atoms with van der Waals surface area (Å²) in [6, 6.07) is 3.03. The van der Waals surface area contributed by atoms with Crippen LogP contribution in [0.3, 0.4) is 0 Å². The lowest BCUT2D eigenvalue weighted by Gasteiger charge is -1.97. The minimum atomic E-state index is -1.07. The molecule has 0 heterocycles. The summed E-state index contributed by atoms with van der Waals surface area (Å²) in [7, 11) is 0. The van der Waals surface area contributed by atoms with E-state index < -0.39 is 17.6 Å². The highest BCUT2D eigenvalue weighted by molar-refractivity contribution is 5.70. The van der Waals surface area contributed by atoms with Crippen LogP contribution in [0.15, 0.2) is 18.2 Å². The molecule has 19 heavy (non-hydrogen) atoms. The summed E-state index contributed by atoms with van der Waals surface area (Å²) in [5.41, 5.74) is 0.251. The molecule has 0 aliphatic carbocycles. The van der Waals surface area contributed by atoms with E-state index in [-0.39, 0.29) is 12.0 Å². The van der Waals surface area contributed by atoms with Gasteiger partial charge in [0.2, 0.25) is 0 Å². The molecule has 0 saturated heterocycles. The van der Waals surface area contributed by atoms with Gasteiger partial charge in [-0.2, -0.15) is 0 Å². The van der Waals surface area contributed by atoms with E-state index in [1.54, 1.807) is 0 Å². The third-order valence-electron chi connectivity index (χ3n) is 1.34. The smallest absolute Gasteiger partial charge is 0.307 e. The van der Waals surface area contributed by atoms with Crippen LogP contribution >= 0.6 is 0 Å². The monoisotopic (exact) mass is 276 g/mol. The zero-order chi connectivity index (χ0) is 15.8. The minimum absolute atomic E-state index is 0.251. The summed E-state index contributed by atoms with van der Waals surface area (Å²) in [4.78, 5) is 10.1. The van der Waals surface area contributed by atoms with E-state index in [9.17, 15) is 13.6 Å². The summed E-state index contributed by atoms with van der Waals surface area (Å²) < 4.78 is 24.8. The first-order valence-corrected chi connectivity index (χ1v) is 6.67. The van der Waals surface area contributed by atoms with Gasteiger partial charge in [-0.15, -0.1) is 0 Å². The Hall–Kier alpha value is -1.45. The molecule has 2 nitrogen and oxygen atoms in total. The molecule has 0 radical (unpaired) electrons. The summed E-state index contributed by atoms with van der Waals surface area (Å²) in [6.07, 6.45) is 0.956.